The van der Waals surface area contributed by atoms with Gasteiger partial charge < -0.3 is 10.6 Å². The van der Waals surface area contributed by atoms with E-state index in [9.17, 15) is 9.18 Å². The molecule has 2 rings (SSSR count). The Bertz CT molecular complexity index is 450. The number of hydrogen-bond donors (Lipinski definition) is 1. The first kappa shape index (κ1) is 17.4. The van der Waals surface area contributed by atoms with Crippen LogP contribution in [0.15, 0.2) is 22.7 Å². The first-order chi connectivity index (χ1) is 9.10. The van der Waals surface area contributed by atoms with Gasteiger partial charge in [-0.1, -0.05) is 15.9 Å². The first-order valence-corrected chi connectivity index (χ1v) is 7.35. The van der Waals surface area contributed by atoms with Crippen molar-refractivity contribution in [3.63, 3.8) is 0 Å². The molecule has 0 aliphatic carbocycles. The van der Waals surface area contributed by atoms with Crippen molar-refractivity contribution >= 4 is 34.2 Å². The normalized spacial score (nSPS) is 18.6. The minimum atomic E-state index is -0.395. The highest BCUT2D eigenvalue weighted by Crippen LogP contribution is 2.22. The number of piperidine rings is 1. The van der Waals surface area contributed by atoms with Crippen LogP contribution in [0.2, 0.25) is 0 Å². The van der Waals surface area contributed by atoms with E-state index in [-0.39, 0.29) is 18.3 Å². The summed E-state index contributed by atoms with van der Waals surface area (Å²) in [4.78, 5) is 14.2. The van der Waals surface area contributed by atoms with Gasteiger partial charge in [0.15, 0.2) is 0 Å². The van der Waals surface area contributed by atoms with Crippen LogP contribution in [0, 0.1) is 11.7 Å². The number of halogens is 3. The predicted octanol–water partition coefficient (Wildman–Crippen LogP) is 3.21. The van der Waals surface area contributed by atoms with E-state index in [2.05, 4.69) is 15.9 Å². The number of carbonyl (C=O) groups excluding carboxylic acids is 1. The van der Waals surface area contributed by atoms with E-state index in [1.807, 2.05) is 4.90 Å². The molecule has 1 fully saturated rings. The Morgan fingerprint density at radius 1 is 1.45 bits per heavy atom. The Kier molecular flexibility index (Phi) is 6.92. The molecular formula is C14H19BrClFN2O. The van der Waals surface area contributed by atoms with Gasteiger partial charge in [0.1, 0.15) is 5.82 Å². The van der Waals surface area contributed by atoms with Gasteiger partial charge in [-0.25, -0.2) is 4.39 Å². The third-order valence-electron chi connectivity index (χ3n) is 3.49. The fraction of sp³-hybridized carbons (Fsp3) is 0.500. The summed E-state index contributed by atoms with van der Waals surface area (Å²) < 4.78 is 13.9. The molecule has 1 aliphatic rings. The van der Waals surface area contributed by atoms with Crippen LogP contribution in [-0.2, 0) is 0 Å². The van der Waals surface area contributed by atoms with Crippen molar-refractivity contribution in [1.82, 2.24) is 4.90 Å². The lowest BCUT2D eigenvalue weighted by atomic mass is 9.94. The van der Waals surface area contributed by atoms with Crippen LogP contribution >= 0.6 is 28.3 Å². The summed E-state index contributed by atoms with van der Waals surface area (Å²) in [7, 11) is 0. The summed E-state index contributed by atoms with van der Waals surface area (Å²) in [5.74, 6) is -0.0186. The molecule has 0 spiro atoms. The highest BCUT2D eigenvalue weighted by molar-refractivity contribution is 9.10. The molecule has 0 saturated carbocycles. The van der Waals surface area contributed by atoms with E-state index in [0.717, 1.165) is 32.4 Å². The number of rotatable bonds is 3. The first-order valence-electron chi connectivity index (χ1n) is 6.55. The van der Waals surface area contributed by atoms with Crippen molar-refractivity contribution in [3.05, 3.63) is 34.1 Å². The van der Waals surface area contributed by atoms with Gasteiger partial charge >= 0.3 is 0 Å². The molecule has 0 aromatic heterocycles. The maximum atomic E-state index is 13.3. The van der Waals surface area contributed by atoms with Crippen molar-refractivity contribution in [3.8, 4) is 0 Å². The second-order valence-corrected chi connectivity index (χ2v) is 5.91. The second-order valence-electron chi connectivity index (χ2n) is 4.99. The Morgan fingerprint density at radius 3 is 2.85 bits per heavy atom. The largest absolute Gasteiger partial charge is 0.338 e. The average molecular weight is 366 g/mol. The lowest BCUT2D eigenvalue weighted by Crippen LogP contribution is -2.40. The van der Waals surface area contributed by atoms with Crippen molar-refractivity contribution in [2.75, 3.05) is 19.6 Å². The zero-order chi connectivity index (χ0) is 13.8. The number of nitrogens with two attached hydrogens (primary N) is 1. The molecule has 2 N–H and O–H groups in total. The van der Waals surface area contributed by atoms with Gasteiger partial charge in [-0.3, -0.25) is 4.79 Å². The molecule has 0 radical (unpaired) electrons. The maximum Gasteiger partial charge on any atom is 0.254 e. The van der Waals surface area contributed by atoms with Crippen LogP contribution in [0.4, 0.5) is 4.39 Å². The Labute approximate surface area is 133 Å². The number of likely N-dealkylation sites (tertiary alicyclic amines) is 1. The van der Waals surface area contributed by atoms with Crippen LogP contribution in [0.1, 0.15) is 29.6 Å². The molecule has 1 aliphatic heterocycles. The fourth-order valence-electron chi connectivity index (χ4n) is 2.58. The third kappa shape index (κ3) is 4.43. The third-order valence-corrected chi connectivity index (χ3v) is 3.95. The van der Waals surface area contributed by atoms with E-state index < -0.39 is 5.82 Å². The minimum absolute atomic E-state index is 0. The van der Waals surface area contributed by atoms with E-state index >= 15 is 0 Å². The quantitative estimate of drug-likeness (QED) is 0.894. The zero-order valence-corrected chi connectivity index (χ0v) is 13.6. The predicted molar refractivity (Wildman–Crippen MR) is 83.6 cm³/mol. The molecule has 1 aromatic carbocycles. The van der Waals surface area contributed by atoms with Crippen molar-refractivity contribution < 1.29 is 9.18 Å². The van der Waals surface area contributed by atoms with Gasteiger partial charge in [0.25, 0.3) is 5.91 Å². The summed E-state index contributed by atoms with van der Waals surface area (Å²) in [5.41, 5.74) is 5.98. The maximum absolute atomic E-state index is 13.3. The number of carbonyl (C=O) groups is 1. The molecular weight excluding hydrogens is 347 g/mol. The van der Waals surface area contributed by atoms with E-state index in [0.29, 0.717) is 22.5 Å². The Morgan fingerprint density at radius 2 is 2.20 bits per heavy atom. The molecule has 6 heteroatoms. The molecule has 1 amide bonds. The smallest absolute Gasteiger partial charge is 0.254 e. The molecule has 1 atom stereocenters. The van der Waals surface area contributed by atoms with Crippen LogP contribution in [0.5, 0.6) is 0 Å². The standard InChI is InChI=1S/C14H18BrFN2O.ClH/c15-12-6-11(7-13(16)8-12)14(19)18-5-1-2-10(9-18)3-4-17;/h6-8,10H,1-5,9,17H2;1H. The van der Waals surface area contributed by atoms with Crippen LogP contribution in [0.25, 0.3) is 0 Å². The van der Waals surface area contributed by atoms with Crippen molar-refractivity contribution in [2.24, 2.45) is 11.7 Å². The fourth-order valence-corrected chi connectivity index (χ4v) is 3.05. The molecule has 1 saturated heterocycles. The monoisotopic (exact) mass is 364 g/mol. The van der Waals surface area contributed by atoms with Gasteiger partial charge in [0.05, 0.1) is 0 Å². The zero-order valence-electron chi connectivity index (χ0n) is 11.1. The van der Waals surface area contributed by atoms with Crippen LogP contribution < -0.4 is 5.73 Å². The van der Waals surface area contributed by atoms with E-state index in [1.54, 1.807) is 6.07 Å². The molecule has 1 heterocycles. The van der Waals surface area contributed by atoms with Crippen LogP contribution in [-0.4, -0.2) is 30.4 Å². The molecule has 1 unspecified atom stereocenters. The average Bonchev–Trinajstić information content (AvgIpc) is 2.37. The topological polar surface area (TPSA) is 46.3 Å². The summed E-state index contributed by atoms with van der Waals surface area (Å²) in [5, 5.41) is 0. The Hall–Kier alpha value is -0.650. The molecule has 1 aromatic rings. The van der Waals surface area contributed by atoms with Gasteiger partial charge in [-0.2, -0.15) is 0 Å². The van der Waals surface area contributed by atoms with E-state index in [4.69, 9.17) is 5.73 Å². The SMILES string of the molecule is Cl.NCCC1CCCN(C(=O)c2cc(F)cc(Br)c2)C1. The number of benzene rings is 1. The van der Waals surface area contributed by atoms with Crippen molar-refractivity contribution in [2.45, 2.75) is 19.3 Å². The second kappa shape index (κ2) is 7.96. The summed E-state index contributed by atoms with van der Waals surface area (Å²) in [6.07, 6.45) is 3.05. The summed E-state index contributed by atoms with van der Waals surface area (Å²) >= 11 is 3.21. The summed E-state index contributed by atoms with van der Waals surface area (Å²) in [6.45, 7) is 2.12. The lowest BCUT2D eigenvalue weighted by Gasteiger charge is -2.32. The van der Waals surface area contributed by atoms with E-state index in [1.165, 1.54) is 12.1 Å². The molecule has 20 heavy (non-hydrogen) atoms. The number of nitrogens with zero attached hydrogens (tertiary/aromatic N) is 1. The number of amides is 1. The van der Waals surface area contributed by atoms with Crippen molar-refractivity contribution in [1.29, 1.82) is 0 Å². The van der Waals surface area contributed by atoms with Gasteiger partial charge in [0.2, 0.25) is 0 Å². The molecule has 112 valence electrons. The lowest BCUT2D eigenvalue weighted by molar-refractivity contribution is 0.0669. The van der Waals surface area contributed by atoms with Gasteiger partial charge in [0, 0.05) is 23.1 Å². The minimum Gasteiger partial charge on any atom is -0.338 e. The highest BCUT2D eigenvalue weighted by Gasteiger charge is 2.24. The molecule has 0 bridgehead atoms. The summed E-state index contributed by atoms with van der Waals surface area (Å²) in [6, 6.07) is 4.31. The van der Waals surface area contributed by atoms with Gasteiger partial charge in [-0.05, 0) is 49.9 Å². The number of hydrogen-bond acceptors (Lipinski definition) is 2. The highest BCUT2D eigenvalue weighted by atomic mass is 79.9. The van der Waals surface area contributed by atoms with Gasteiger partial charge in [-0.15, -0.1) is 12.4 Å². The Balaban J connectivity index is 0.00000200. The molecule has 3 nitrogen and oxygen atoms in total. The van der Waals surface area contributed by atoms with Crippen LogP contribution in [0.3, 0.4) is 0 Å².